The van der Waals surface area contributed by atoms with E-state index >= 15 is 0 Å². The van der Waals surface area contributed by atoms with Gasteiger partial charge in [-0.25, -0.2) is 17.5 Å². The maximum absolute atomic E-state index is 12.2. The molecule has 7 heteroatoms. The van der Waals surface area contributed by atoms with Crippen molar-refractivity contribution in [2.75, 3.05) is 26.4 Å². The van der Waals surface area contributed by atoms with Crippen LogP contribution < -0.4 is 10.6 Å². The molecule has 1 fully saturated rings. The fourth-order valence-electron chi connectivity index (χ4n) is 4.07. The zero-order valence-corrected chi connectivity index (χ0v) is 15.7. The molecule has 2 bridgehead atoms. The highest BCUT2D eigenvalue weighted by atomic mass is 32.2. The second-order valence-electron chi connectivity index (χ2n) is 7.30. The summed E-state index contributed by atoms with van der Waals surface area (Å²) in [6.07, 6.45) is 4.29. The number of carbonyl (C=O) groups excluding carboxylic acids is 1. The molecule has 2 atom stereocenters. The van der Waals surface area contributed by atoms with Crippen LogP contribution in [-0.2, 0) is 22.9 Å². The first kappa shape index (κ1) is 18.2. The molecular weight excluding hydrogens is 338 g/mol. The van der Waals surface area contributed by atoms with E-state index in [-0.39, 0.29) is 24.4 Å². The van der Waals surface area contributed by atoms with Crippen LogP contribution >= 0.6 is 0 Å². The van der Waals surface area contributed by atoms with Gasteiger partial charge in [-0.2, -0.15) is 0 Å². The first-order valence-corrected chi connectivity index (χ1v) is 10.5. The fourth-order valence-corrected chi connectivity index (χ4v) is 4.79. The van der Waals surface area contributed by atoms with Crippen molar-refractivity contribution >= 4 is 16.1 Å². The van der Waals surface area contributed by atoms with Crippen molar-refractivity contribution in [2.45, 2.75) is 31.7 Å². The number of benzene rings is 1. The van der Waals surface area contributed by atoms with Crippen LogP contribution in [0.15, 0.2) is 24.3 Å². The molecule has 0 aromatic heterocycles. The van der Waals surface area contributed by atoms with Crippen LogP contribution in [0.2, 0.25) is 0 Å². The molecular formula is C18H27N3O3S. The van der Waals surface area contributed by atoms with Crippen LogP contribution in [0.1, 0.15) is 24.0 Å². The molecule has 0 saturated heterocycles. The van der Waals surface area contributed by atoms with Crippen molar-refractivity contribution in [3.8, 4) is 0 Å². The topological polar surface area (TPSA) is 78.5 Å². The molecule has 0 radical (unpaired) electrons. The van der Waals surface area contributed by atoms with Crippen LogP contribution in [0.3, 0.4) is 0 Å². The van der Waals surface area contributed by atoms with Gasteiger partial charge >= 0.3 is 6.03 Å². The van der Waals surface area contributed by atoms with Gasteiger partial charge in [0.05, 0.1) is 5.75 Å². The summed E-state index contributed by atoms with van der Waals surface area (Å²) in [5, 5.41) is 5.81. The Bertz CT molecular complexity index is 700. The number of carbonyl (C=O) groups is 1. The number of rotatable bonds is 5. The van der Waals surface area contributed by atoms with E-state index in [1.54, 1.807) is 0 Å². The summed E-state index contributed by atoms with van der Waals surface area (Å²) in [5.41, 5.74) is 2.80. The van der Waals surface area contributed by atoms with Gasteiger partial charge in [-0.15, -0.1) is 0 Å². The van der Waals surface area contributed by atoms with Crippen molar-refractivity contribution in [2.24, 2.45) is 11.8 Å². The maximum atomic E-state index is 12.2. The first-order valence-electron chi connectivity index (χ1n) is 8.88. The molecule has 0 aliphatic heterocycles. The van der Waals surface area contributed by atoms with E-state index in [1.165, 1.54) is 29.5 Å². The molecule has 1 aromatic rings. The lowest BCUT2D eigenvalue weighted by molar-refractivity contribution is 0.229. The number of fused-ring (bicyclic) bond motifs is 3. The third-order valence-corrected chi connectivity index (χ3v) is 7.34. The van der Waals surface area contributed by atoms with Crippen LogP contribution in [0, 0.1) is 11.8 Å². The molecule has 2 aliphatic rings. The van der Waals surface area contributed by atoms with E-state index in [2.05, 4.69) is 34.9 Å². The SMILES string of the molecule is CN(C)S(=O)(=O)CCNC(=O)NC1C2CCC1Cc1ccccc1C2. The monoisotopic (exact) mass is 365 g/mol. The Labute approximate surface area is 150 Å². The lowest BCUT2D eigenvalue weighted by atomic mass is 9.94. The predicted molar refractivity (Wildman–Crippen MR) is 97.9 cm³/mol. The summed E-state index contributed by atoms with van der Waals surface area (Å²) >= 11 is 0. The second kappa shape index (κ2) is 7.33. The maximum Gasteiger partial charge on any atom is 0.315 e. The van der Waals surface area contributed by atoms with Crippen molar-refractivity contribution in [3.63, 3.8) is 0 Å². The van der Waals surface area contributed by atoms with Crippen molar-refractivity contribution < 1.29 is 13.2 Å². The van der Waals surface area contributed by atoms with E-state index in [0.29, 0.717) is 11.8 Å². The van der Waals surface area contributed by atoms with E-state index in [1.807, 2.05) is 0 Å². The largest absolute Gasteiger partial charge is 0.337 e. The number of hydrogen-bond acceptors (Lipinski definition) is 3. The normalized spacial score (nSPS) is 25.3. The Balaban J connectivity index is 1.56. The number of sulfonamides is 1. The molecule has 3 rings (SSSR count). The quantitative estimate of drug-likeness (QED) is 0.827. The van der Waals surface area contributed by atoms with E-state index in [4.69, 9.17) is 0 Å². The molecule has 138 valence electrons. The molecule has 1 saturated carbocycles. The van der Waals surface area contributed by atoms with E-state index in [0.717, 1.165) is 25.7 Å². The van der Waals surface area contributed by atoms with Gasteiger partial charge in [-0.1, -0.05) is 24.3 Å². The molecule has 2 aliphatic carbocycles. The minimum Gasteiger partial charge on any atom is -0.337 e. The summed E-state index contributed by atoms with van der Waals surface area (Å²) in [7, 11) is -0.295. The lowest BCUT2D eigenvalue weighted by Gasteiger charge is -2.24. The number of nitrogens with zero attached hydrogens (tertiary/aromatic N) is 1. The Hall–Kier alpha value is -1.60. The van der Waals surface area contributed by atoms with Crippen molar-refractivity contribution in [1.82, 2.24) is 14.9 Å². The van der Waals surface area contributed by atoms with E-state index in [9.17, 15) is 13.2 Å². The van der Waals surface area contributed by atoms with Crippen LogP contribution in [0.4, 0.5) is 4.79 Å². The molecule has 2 N–H and O–H groups in total. The van der Waals surface area contributed by atoms with Crippen LogP contribution in [0.5, 0.6) is 0 Å². The highest BCUT2D eigenvalue weighted by Gasteiger charge is 2.39. The van der Waals surface area contributed by atoms with Crippen LogP contribution in [-0.4, -0.2) is 51.2 Å². The Kier molecular flexibility index (Phi) is 5.34. The molecule has 1 aromatic carbocycles. The number of nitrogens with one attached hydrogen (secondary N) is 2. The van der Waals surface area contributed by atoms with Gasteiger partial charge in [0, 0.05) is 26.7 Å². The third kappa shape index (κ3) is 4.15. The number of hydrogen-bond donors (Lipinski definition) is 2. The highest BCUT2D eigenvalue weighted by Crippen LogP contribution is 2.39. The van der Waals surface area contributed by atoms with Gasteiger partial charge < -0.3 is 10.6 Å². The third-order valence-electron chi connectivity index (χ3n) is 5.51. The molecule has 0 heterocycles. The van der Waals surface area contributed by atoms with Crippen molar-refractivity contribution in [3.05, 3.63) is 35.4 Å². The molecule has 2 amide bonds. The van der Waals surface area contributed by atoms with Gasteiger partial charge in [-0.05, 0) is 48.6 Å². The molecule has 2 unspecified atom stereocenters. The predicted octanol–water partition coefficient (Wildman–Crippen LogP) is 1.37. The van der Waals surface area contributed by atoms with Gasteiger partial charge in [0.15, 0.2) is 0 Å². The molecule has 6 nitrogen and oxygen atoms in total. The Morgan fingerprint density at radius 2 is 1.68 bits per heavy atom. The van der Waals surface area contributed by atoms with Crippen molar-refractivity contribution in [1.29, 1.82) is 0 Å². The lowest BCUT2D eigenvalue weighted by Crippen LogP contribution is -2.48. The van der Waals surface area contributed by atoms with Gasteiger partial charge in [0.2, 0.25) is 10.0 Å². The Morgan fingerprint density at radius 3 is 2.20 bits per heavy atom. The van der Waals surface area contributed by atoms with Crippen LogP contribution in [0.25, 0.3) is 0 Å². The smallest absolute Gasteiger partial charge is 0.315 e. The van der Waals surface area contributed by atoms with Gasteiger partial charge in [-0.3, -0.25) is 0 Å². The number of amides is 2. The fraction of sp³-hybridized carbons (Fsp3) is 0.611. The molecule has 0 spiro atoms. The summed E-state index contributed by atoms with van der Waals surface area (Å²) in [4.78, 5) is 12.2. The average Bonchev–Trinajstić information content (AvgIpc) is 2.81. The number of urea groups is 1. The summed E-state index contributed by atoms with van der Waals surface area (Å²) < 4.78 is 24.7. The Morgan fingerprint density at radius 1 is 1.12 bits per heavy atom. The second-order valence-corrected chi connectivity index (χ2v) is 9.60. The zero-order valence-electron chi connectivity index (χ0n) is 14.9. The summed E-state index contributed by atoms with van der Waals surface area (Å²) in [6.45, 7) is 0.120. The van der Waals surface area contributed by atoms with Gasteiger partial charge in [0.25, 0.3) is 0 Å². The minimum absolute atomic E-state index is 0.0869. The standard InChI is InChI=1S/C18H27N3O3S/c1-21(2)25(23,24)10-9-19-18(22)20-17-15-7-8-16(17)12-14-6-4-3-5-13(14)11-15/h3-6,15-17H,7-12H2,1-2H3,(H2,19,20,22). The zero-order chi connectivity index (χ0) is 18.0. The average molecular weight is 365 g/mol. The summed E-state index contributed by atoms with van der Waals surface area (Å²) in [5.74, 6) is 0.839. The van der Waals surface area contributed by atoms with Gasteiger partial charge in [0.1, 0.15) is 0 Å². The van der Waals surface area contributed by atoms with E-state index < -0.39 is 10.0 Å². The highest BCUT2D eigenvalue weighted by molar-refractivity contribution is 7.89. The summed E-state index contributed by atoms with van der Waals surface area (Å²) in [6, 6.07) is 8.45. The molecule has 25 heavy (non-hydrogen) atoms. The minimum atomic E-state index is -3.29. The first-order chi connectivity index (χ1) is 11.9.